The van der Waals surface area contributed by atoms with E-state index in [2.05, 4.69) is 37.7 Å². The maximum absolute atomic E-state index is 11.8. The van der Waals surface area contributed by atoms with Crippen molar-refractivity contribution in [2.45, 2.75) is 0 Å². The van der Waals surface area contributed by atoms with Crippen LogP contribution in [0.1, 0.15) is 20.7 Å². The topological polar surface area (TPSA) is 159 Å². The van der Waals surface area contributed by atoms with Crippen LogP contribution >= 0.6 is 0 Å². The molecule has 0 saturated carbocycles. The van der Waals surface area contributed by atoms with Crippen molar-refractivity contribution in [2.75, 3.05) is 16.4 Å². The van der Waals surface area contributed by atoms with Gasteiger partial charge in [0, 0.05) is 22.3 Å². The second-order valence-electron chi connectivity index (χ2n) is 13.6. The highest BCUT2D eigenvalue weighted by atomic mass is 16.3. The highest BCUT2D eigenvalue weighted by Gasteiger charge is 2.09. The van der Waals surface area contributed by atoms with Crippen molar-refractivity contribution < 1.29 is 19.1 Å². The molecule has 0 atom stereocenters. The van der Waals surface area contributed by atoms with Gasteiger partial charge in [0.1, 0.15) is 17.1 Å². The SMILES string of the molecule is Nc1ccccc1NC(=O)c1ccccc1.O=C(Nc1ccccc1O)c1ccccc1.c1ccc(-c2nc3ccccc3[nH]2)cc1.c1ccc(-c2nc3ccccc3o2)cc1. The van der Waals surface area contributed by atoms with E-state index in [0.29, 0.717) is 34.1 Å². The number of fused-ring (bicyclic) bond motifs is 2. The Morgan fingerprint density at radius 2 is 0.952 bits per heavy atom. The lowest BCUT2D eigenvalue weighted by Crippen LogP contribution is -2.12. The number of phenolic OH excluding ortho intramolecular Hbond substituents is 1. The lowest BCUT2D eigenvalue weighted by Gasteiger charge is -2.07. The molecule has 10 heteroatoms. The molecule has 10 nitrogen and oxygen atoms in total. The largest absolute Gasteiger partial charge is 0.506 e. The quantitative estimate of drug-likeness (QED) is 0.0825. The van der Waals surface area contributed by atoms with Crippen molar-refractivity contribution in [3.63, 3.8) is 0 Å². The minimum atomic E-state index is -0.234. The third kappa shape index (κ3) is 11.2. The molecule has 10 rings (SSSR count). The third-order valence-corrected chi connectivity index (χ3v) is 9.18. The predicted molar refractivity (Wildman–Crippen MR) is 249 cm³/mol. The molecule has 0 fully saturated rings. The number of anilines is 3. The van der Waals surface area contributed by atoms with Crippen LogP contribution in [-0.2, 0) is 0 Å². The number of rotatable bonds is 6. The Morgan fingerprint density at radius 1 is 0.484 bits per heavy atom. The Kier molecular flexibility index (Phi) is 13.9. The number of phenols is 1. The molecule has 0 radical (unpaired) electrons. The lowest BCUT2D eigenvalue weighted by molar-refractivity contribution is 0.101. The van der Waals surface area contributed by atoms with E-state index in [1.807, 2.05) is 133 Å². The number of nitrogens with one attached hydrogen (secondary N) is 3. The number of aromatic amines is 1. The van der Waals surface area contributed by atoms with Crippen molar-refractivity contribution in [3.8, 4) is 28.6 Å². The summed E-state index contributed by atoms with van der Waals surface area (Å²) in [6.45, 7) is 0. The van der Waals surface area contributed by atoms with Crippen LogP contribution in [0.5, 0.6) is 5.75 Å². The van der Waals surface area contributed by atoms with Crippen LogP contribution in [0.25, 0.3) is 45.0 Å². The van der Waals surface area contributed by atoms with Crippen molar-refractivity contribution in [1.82, 2.24) is 15.0 Å². The van der Waals surface area contributed by atoms with Gasteiger partial charge in [-0.05, 0) is 84.9 Å². The Hall–Kier alpha value is -8.76. The summed E-state index contributed by atoms with van der Waals surface area (Å²) in [6, 6.07) is 67.6. The number of oxazole rings is 1. The zero-order chi connectivity index (χ0) is 42.9. The van der Waals surface area contributed by atoms with Crippen LogP contribution in [0.2, 0.25) is 0 Å². The van der Waals surface area contributed by atoms with E-state index < -0.39 is 0 Å². The van der Waals surface area contributed by atoms with Gasteiger partial charge in [-0.2, -0.15) is 0 Å². The molecule has 62 heavy (non-hydrogen) atoms. The van der Waals surface area contributed by atoms with E-state index in [9.17, 15) is 14.7 Å². The van der Waals surface area contributed by atoms with E-state index in [1.165, 1.54) is 6.07 Å². The van der Waals surface area contributed by atoms with Gasteiger partial charge in [-0.1, -0.05) is 133 Å². The first-order valence-corrected chi connectivity index (χ1v) is 19.7. The van der Waals surface area contributed by atoms with Crippen LogP contribution in [0.3, 0.4) is 0 Å². The second-order valence-corrected chi connectivity index (χ2v) is 13.6. The summed E-state index contributed by atoms with van der Waals surface area (Å²) in [5.41, 5.74) is 14.5. The monoisotopic (exact) mass is 814 g/mol. The maximum atomic E-state index is 11.8. The maximum Gasteiger partial charge on any atom is 0.255 e. The zero-order valence-corrected chi connectivity index (χ0v) is 33.4. The lowest BCUT2D eigenvalue weighted by atomic mass is 10.2. The van der Waals surface area contributed by atoms with Gasteiger partial charge in [0.15, 0.2) is 5.58 Å². The molecule has 0 spiro atoms. The Labute approximate surface area is 358 Å². The number of nitrogens with zero attached hydrogens (tertiary/aromatic N) is 2. The number of aromatic nitrogens is 3. The van der Waals surface area contributed by atoms with Crippen molar-refractivity contribution >= 4 is 51.0 Å². The fraction of sp³-hybridized carbons (Fsp3) is 0. The van der Waals surface area contributed by atoms with E-state index in [1.54, 1.807) is 66.7 Å². The zero-order valence-electron chi connectivity index (χ0n) is 33.4. The molecular weight excluding hydrogens is 773 g/mol. The predicted octanol–water partition coefficient (Wildman–Crippen LogP) is 11.9. The van der Waals surface area contributed by atoms with E-state index in [-0.39, 0.29) is 17.6 Å². The minimum absolute atomic E-state index is 0.0618. The first-order valence-electron chi connectivity index (χ1n) is 19.7. The fourth-order valence-electron chi connectivity index (χ4n) is 6.02. The molecule has 2 amide bonds. The summed E-state index contributed by atoms with van der Waals surface area (Å²) in [5, 5.41) is 14.9. The van der Waals surface area contributed by atoms with E-state index in [4.69, 9.17) is 10.2 Å². The number of para-hydroxylation sites is 8. The molecule has 2 heterocycles. The number of nitrogens with two attached hydrogens (primary N) is 1. The van der Waals surface area contributed by atoms with Crippen molar-refractivity contribution in [1.29, 1.82) is 0 Å². The molecule has 0 aliphatic carbocycles. The van der Waals surface area contributed by atoms with Crippen LogP contribution in [-0.4, -0.2) is 31.9 Å². The van der Waals surface area contributed by atoms with Gasteiger partial charge < -0.3 is 30.9 Å². The Morgan fingerprint density at radius 3 is 1.53 bits per heavy atom. The summed E-state index contributed by atoms with van der Waals surface area (Å²) in [7, 11) is 0. The van der Waals surface area contributed by atoms with Crippen LogP contribution in [0.15, 0.2) is 223 Å². The highest BCUT2D eigenvalue weighted by molar-refractivity contribution is 6.06. The number of nitrogen functional groups attached to an aromatic ring is 1. The third-order valence-electron chi connectivity index (χ3n) is 9.18. The highest BCUT2D eigenvalue weighted by Crippen LogP contribution is 2.24. The number of H-pyrrole nitrogens is 1. The standard InChI is InChI=1S/C13H12N2O.C13H10N2.C13H11NO2.C13H9NO/c14-11-8-4-5-9-12(11)15-13(16)10-6-2-1-3-7-10;1-2-6-10(7-3-1)13-14-11-8-4-5-9-12(11)15-13;15-12-9-5-4-8-11(12)14-13(16)10-6-2-1-3-7-10;1-2-6-10(7-3-1)13-14-11-8-4-5-9-12(11)15-13/h1-9H,14H2,(H,15,16);1-9H,(H,14,15);1-9,15H,(H,14,16);1-9H. The summed E-state index contributed by atoms with van der Waals surface area (Å²) < 4.78 is 5.64. The summed E-state index contributed by atoms with van der Waals surface area (Å²) >= 11 is 0. The first-order chi connectivity index (χ1) is 30.4. The molecule has 0 aliphatic rings. The van der Waals surface area contributed by atoms with Gasteiger partial charge >= 0.3 is 0 Å². The van der Waals surface area contributed by atoms with Crippen LogP contribution < -0.4 is 16.4 Å². The first kappa shape index (κ1) is 41.4. The molecule has 6 N–H and O–H groups in total. The van der Waals surface area contributed by atoms with E-state index >= 15 is 0 Å². The Bertz CT molecular complexity index is 2700. The molecule has 0 saturated heterocycles. The number of amides is 2. The van der Waals surface area contributed by atoms with Crippen molar-refractivity contribution in [3.05, 3.63) is 230 Å². The normalized spacial score (nSPS) is 10.2. The van der Waals surface area contributed by atoms with Gasteiger partial charge in [-0.3, -0.25) is 9.59 Å². The van der Waals surface area contributed by atoms with E-state index in [0.717, 1.165) is 39.1 Å². The minimum Gasteiger partial charge on any atom is -0.506 e. The van der Waals surface area contributed by atoms with Gasteiger partial charge in [-0.15, -0.1) is 0 Å². The van der Waals surface area contributed by atoms with Crippen LogP contribution in [0, 0.1) is 0 Å². The molecule has 304 valence electrons. The summed E-state index contributed by atoms with van der Waals surface area (Å²) in [4.78, 5) is 35.8. The molecular formula is C52H42N6O4. The van der Waals surface area contributed by atoms with Crippen LogP contribution in [0.4, 0.5) is 17.1 Å². The molecule has 10 aromatic rings. The van der Waals surface area contributed by atoms with Gasteiger partial charge in [0.25, 0.3) is 11.8 Å². The number of benzene rings is 8. The second kappa shape index (κ2) is 20.8. The van der Waals surface area contributed by atoms with Crippen molar-refractivity contribution in [2.24, 2.45) is 0 Å². The fourth-order valence-corrected chi connectivity index (χ4v) is 6.02. The van der Waals surface area contributed by atoms with Gasteiger partial charge in [0.2, 0.25) is 5.89 Å². The summed E-state index contributed by atoms with van der Waals surface area (Å²) in [6.07, 6.45) is 0. The average molecular weight is 815 g/mol. The molecule has 0 aliphatic heterocycles. The average Bonchev–Trinajstić information content (AvgIpc) is 3.98. The van der Waals surface area contributed by atoms with Gasteiger partial charge in [0.05, 0.1) is 28.1 Å². The smallest absolute Gasteiger partial charge is 0.255 e. The number of carbonyl (C=O) groups is 2. The molecule has 2 aromatic heterocycles. The number of hydrogen-bond donors (Lipinski definition) is 5. The van der Waals surface area contributed by atoms with Gasteiger partial charge in [-0.25, -0.2) is 9.97 Å². The molecule has 0 unspecified atom stereocenters. The Balaban J connectivity index is 0.000000124. The number of carbonyl (C=O) groups excluding carboxylic acids is 2. The number of imidazole rings is 1. The number of aromatic hydroxyl groups is 1. The summed E-state index contributed by atoms with van der Waals surface area (Å²) in [5.74, 6) is 1.28. The molecule has 8 aromatic carbocycles. The number of hydrogen-bond acceptors (Lipinski definition) is 7. The molecule has 0 bridgehead atoms.